The summed E-state index contributed by atoms with van der Waals surface area (Å²) in [5.74, 6) is 1.57. The van der Waals surface area contributed by atoms with Crippen LogP contribution in [0.2, 0.25) is 0 Å². The second-order valence-electron chi connectivity index (χ2n) is 4.35. The molecule has 88 valence electrons. The molecule has 0 saturated carbocycles. The summed E-state index contributed by atoms with van der Waals surface area (Å²) in [6.07, 6.45) is 2.71. The largest absolute Gasteiger partial charge is 0.383 e. The molecule has 5 heteroatoms. The molecule has 0 aromatic carbocycles. The first-order chi connectivity index (χ1) is 7.68. The second-order valence-corrected chi connectivity index (χ2v) is 4.35. The SMILES string of the molecule is Cc1c(N)ncnc1N1CCCN(C)CC1. The molecule has 0 spiro atoms. The molecule has 5 nitrogen and oxygen atoms in total. The van der Waals surface area contributed by atoms with Crippen LogP contribution < -0.4 is 10.6 Å². The van der Waals surface area contributed by atoms with Gasteiger partial charge in [-0.3, -0.25) is 0 Å². The van der Waals surface area contributed by atoms with E-state index in [4.69, 9.17) is 5.73 Å². The normalized spacial score (nSPS) is 18.5. The van der Waals surface area contributed by atoms with Gasteiger partial charge in [0, 0.05) is 25.2 Å². The van der Waals surface area contributed by atoms with Crippen LogP contribution in [0, 0.1) is 6.92 Å². The molecular formula is C11H19N5. The van der Waals surface area contributed by atoms with E-state index in [2.05, 4.69) is 26.8 Å². The van der Waals surface area contributed by atoms with Crippen LogP contribution in [0.4, 0.5) is 11.6 Å². The summed E-state index contributed by atoms with van der Waals surface area (Å²) in [6, 6.07) is 0. The highest BCUT2D eigenvalue weighted by atomic mass is 15.2. The number of anilines is 2. The Hall–Kier alpha value is -1.36. The zero-order valence-corrected chi connectivity index (χ0v) is 9.98. The van der Waals surface area contributed by atoms with Crippen LogP contribution in [-0.4, -0.2) is 48.1 Å². The lowest BCUT2D eigenvalue weighted by Crippen LogP contribution is -2.30. The fourth-order valence-electron chi connectivity index (χ4n) is 2.03. The third-order valence-corrected chi connectivity index (χ3v) is 3.12. The van der Waals surface area contributed by atoms with Crippen molar-refractivity contribution in [1.82, 2.24) is 14.9 Å². The summed E-state index contributed by atoms with van der Waals surface area (Å²) in [6.45, 7) is 6.26. The van der Waals surface area contributed by atoms with Crippen molar-refractivity contribution < 1.29 is 0 Å². The highest BCUT2D eigenvalue weighted by Crippen LogP contribution is 2.20. The van der Waals surface area contributed by atoms with E-state index in [1.807, 2.05) is 6.92 Å². The highest BCUT2D eigenvalue weighted by Gasteiger charge is 2.16. The summed E-state index contributed by atoms with van der Waals surface area (Å²) in [7, 11) is 2.16. The van der Waals surface area contributed by atoms with Crippen LogP contribution in [0.15, 0.2) is 6.33 Å². The molecule has 1 saturated heterocycles. The van der Waals surface area contributed by atoms with Gasteiger partial charge in [0.2, 0.25) is 0 Å². The topological polar surface area (TPSA) is 58.3 Å². The van der Waals surface area contributed by atoms with Crippen LogP contribution >= 0.6 is 0 Å². The van der Waals surface area contributed by atoms with Crippen LogP contribution in [0.1, 0.15) is 12.0 Å². The molecule has 2 rings (SSSR count). The van der Waals surface area contributed by atoms with Crippen molar-refractivity contribution >= 4 is 11.6 Å². The fraction of sp³-hybridized carbons (Fsp3) is 0.636. The molecule has 0 radical (unpaired) electrons. The summed E-state index contributed by atoms with van der Waals surface area (Å²) in [4.78, 5) is 13.0. The molecule has 0 bridgehead atoms. The first-order valence-corrected chi connectivity index (χ1v) is 5.69. The molecule has 0 aliphatic carbocycles. The van der Waals surface area contributed by atoms with Gasteiger partial charge in [0.1, 0.15) is 18.0 Å². The summed E-state index contributed by atoms with van der Waals surface area (Å²) >= 11 is 0. The molecule has 1 aliphatic rings. The molecule has 1 fully saturated rings. The number of nitrogens with two attached hydrogens (primary N) is 1. The molecule has 1 aromatic heterocycles. The van der Waals surface area contributed by atoms with Gasteiger partial charge in [-0.15, -0.1) is 0 Å². The summed E-state index contributed by atoms with van der Waals surface area (Å²) in [5, 5.41) is 0. The van der Waals surface area contributed by atoms with Gasteiger partial charge in [-0.05, 0) is 26.9 Å². The van der Waals surface area contributed by atoms with Crippen molar-refractivity contribution in [3.63, 3.8) is 0 Å². The summed E-state index contributed by atoms with van der Waals surface area (Å²) in [5.41, 5.74) is 6.80. The van der Waals surface area contributed by atoms with E-state index in [1.165, 1.54) is 6.42 Å². The Balaban J connectivity index is 2.20. The molecule has 2 N–H and O–H groups in total. The van der Waals surface area contributed by atoms with Crippen molar-refractivity contribution in [2.45, 2.75) is 13.3 Å². The average Bonchev–Trinajstić information content (AvgIpc) is 2.47. The van der Waals surface area contributed by atoms with Crippen molar-refractivity contribution in [3.05, 3.63) is 11.9 Å². The minimum Gasteiger partial charge on any atom is -0.383 e. The van der Waals surface area contributed by atoms with Crippen molar-refractivity contribution in [2.75, 3.05) is 43.9 Å². The van der Waals surface area contributed by atoms with Crippen LogP contribution in [0.25, 0.3) is 0 Å². The maximum atomic E-state index is 5.81. The van der Waals surface area contributed by atoms with Gasteiger partial charge in [-0.25, -0.2) is 9.97 Å². The molecule has 2 heterocycles. The minimum atomic E-state index is 0.586. The third-order valence-electron chi connectivity index (χ3n) is 3.12. The molecule has 0 unspecified atom stereocenters. The zero-order valence-electron chi connectivity index (χ0n) is 9.98. The van der Waals surface area contributed by atoms with Crippen LogP contribution in [-0.2, 0) is 0 Å². The first kappa shape index (κ1) is 11.1. The van der Waals surface area contributed by atoms with Gasteiger partial charge in [0.25, 0.3) is 0 Å². The Morgan fingerprint density at radius 3 is 2.81 bits per heavy atom. The maximum Gasteiger partial charge on any atom is 0.137 e. The molecular weight excluding hydrogens is 202 g/mol. The first-order valence-electron chi connectivity index (χ1n) is 5.69. The smallest absolute Gasteiger partial charge is 0.137 e. The van der Waals surface area contributed by atoms with Gasteiger partial charge < -0.3 is 15.5 Å². The summed E-state index contributed by atoms with van der Waals surface area (Å²) < 4.78 is 0. The Kier molecular flexibility index (Phi) is 3.24. The number of nitrogens with zero attached hydrogens (tertiary/aromatic N) is 4. The lowest BCUT2D eigenvalue weighted by molar-refractivity contribution is 0.360. The number of rotatable bonds is 1. The molecule has 16 heavy (non-hydrogen) atoms. The number of hydrogen-bond acceptors (Lipinski definition) is 5. The molecule has 1 aliphatic heterocycles. The number of likely N-dealkylation sites (N-methyl/N-ethyl adjacent to an activating group) is 1. The average molecular weight is 221 g/mol. The molecule has 1 aromatic rings. The van der Waals surface area contributed by atoms with Gasteiger partial charge in [-0.2, -0.15) is 0 Å². The van der Waals surface area contributed by atoms with E-state index in [0.717, 1.165) is 37.6 Å². The predicted molar refractivity (Wildman–Crippen MR) is 65.5 cm³/mol. The quantitative estimate of drug-likeness (QED) is 0.748. The monoisotopic (exact) mass is 221 g/mol. The van der Waals surface area contributed by atoms with Crippen molar-refractivity contribution in [3.8, 4) is 0 Å². The third kappa shape index (κ3) is 2.24. The number of nitrogen functional groups attached to an aromatic ring is 1. The number of aromatic nitrogens is 2. The Morgan fingerprint density at radius 1 is 1.19 bits per heavy atom. The van der Waals surface area contributed by atoms with E-state index >= 15 is 0 Å². The minimum absolute atomic E-state index is 0.586. The lowest BCUT2D eigenvalue weighted by Gasteiger charge is -2.23. The van der Waals surface area contributed by atoms with Crippen molar-refractivity contribution in [2.24, 2.45) is 0 Å². The Morgan fingerprint density at radius 2 is 2.00 bits per heavy atom. The standard InChI is InChI=1S/C11H19N5/c1-9-10(12)13-8-14-11(9)16-5-3-4-15(2)6-7-16/h8H,3-7H2,1-2H3,(H2,12,13,14). The van der Waals surface area contributed by atoms with Gasteiger partial charge >= 0.3 is 0 Å². The second kappa shape index (κ2) is 4.65. The van der Waals surface area contributed by atoms with Crippen LogP contribution in [0.5, 0.6) is 0 Å². The van der Waals surface area contributed by atoms with Crippen LogP contribution in [0.3, 0.4) is 0 Å². The number of hydrogen-bond donors (Lipinski definition) is 1. The van der Waals surface area contributed by atoms with E-state index in [0.29, 0.717) is 5.82 Å². The highest BCUT2D eigenvalue weighted by molar-refractivity contribution is 5.55. The van der Waals surface area contributed by atoms with E-state index in [-0.39, 0.29) is 0 Å². The Bertz CT molecular complexity index is 365. The van der Waals surface area contributed by atoms with E-state index in [9.17, 15) is 0 Å². The maximum absolute atomic E-state index is 5.81. The zero-order chi connectivity index (χ0) is 11.5. The Labute approximate surface area is 96.3 Å². The predicted octanol–water partition coefficient (Wildman–Crippen LogP) is 0.509. The molecule has 0 amide bonds. The lowest BCUT2D eigenvalue weighted by atomic mass is 10.3. The van der Waals surface area contributed by atoms with Gasteiger partial charge in [0.15, 0.2) is 0 Å². The molecule has 0 atom stereocenters. The van der Waals surface area contributed by atoms with E-state index in [1.54, 1.807) is 6.33 Å². The fourth-order valence-corrected chi connectivity index (χ4v) is 2.03. The van der Waals surface area contributed by atoms with Gasteiger partial charge in [0.05, 0.1) is 0 Å². The van der Waals surface area contributed by atoms with Gasteiger partial charge in [-0.1, -0.05) is 0 Å². The van der Waals surface area contributed by atoms with Crippen molar-refractivity contribution in [1.29, 1.82) is 0 Å². The van der Waals surface area contributed by atoms with E-state index < -0.39 is 0 Å².